The van der Waals surface area contributed by atoms with Gasteiger partial charge in [-0.25, -0.2) is 0 Å². The van der Waals surface area contributed by atoms with E-state index in [1.54, 1.807) is 0 Å². The summed E-state index contributed by atoms with van der Waals surface area (Å²) >= 11 is 1.25. The van der Waals surface area contributed by atoms with Crippen LogP contribution in [0.25, 0.3) is 0 Å². The van der Waals surface area contributed by atoms with Gasteiger partial charge in [0.2, 0.25) is 0 Å². The van der Waals surface area contributed by atoms with Crippen LogP contribution >= 0.6 is 45.2 Å². The summed E-state index contributed by atoms with van der Waals surface area (Å²) in [4.78, 5) is 0. The molecule has 0 aromatic carbocycles. The first-order valence-corrected chi connectivity index (χ1v) is 4.42. The molecule has 0 heterocycles. The average molecular weight is 416 g/mol. The first-order valence-electron chi connectivity index (χ1n) is 2.26. The third kappa shape index (κ3) is 3.66. The molecule has 0 spiro atoms. The predicted molar refractivity (Wildman–Crippen MR) is 47.2 cm³/mol. The molecule has 0 bridgehead atoms. The van der Waals surface area contributed by atoms with Crippen molar-refractivity contribution in [2.24, 2.45) is 0 Å². The van der Waals surface area contributed by atoms with Crippen LogP contribution in [0.1, 0.15) is 0 Å². The molecule has 0 saturated heterocycles. The monoisotopic (exact) mass is 416 g/mol. The molecule has 0 fully saturated rings. The van der Waals surface area contributed by atoms with Gasteiger partial charge in [-0.2, -0.15) is 26.3 Å². The molecule has 12 heavy (non-hydrogen) atoms. The second-order valence-electron chi connectivity index (χ2n) is 1.62. The first kappa shape index (κ1) is 12.8. The number of halogens is 8. The average Bonchev–Trinajstić information content (AvgIpc) is 1.80. The summed E-state index contributed by atoms with van der Waals surface area (Å²) in [5.74, 6) is 0. The Morgan fingerprint density at radius 1 is 0.667 bits per heavy atom. The Kier molecular flexibility index (Phi) is 4.13. The highest BCUT2D eigenvalue weighted by molar-refractivity contribution is 14.1. The van der Waals surface area contributed by atoms with Crippen molar-refractivity contribution in [1.29, 1.82) is 0 Å². The van der Waals surface area contributed by atoms with Crippen molar-refractivity contribution in [2.75, 3.05) is 0 Å². The zero-order chi connectivity index (χ0) is 10.2. The van der Waals surface area contributed by atoms with E-state index < -0.39 is 19.5 Å². The first-order chi connectivity index (χ1) is 5.07. The van der Waals surface area contributed by atoms with Gasteiger partial charge in [-0.15, -0.1) is 0 Å². The highest BCUT2D eigenvalue weighted by atomic mass is 127. The molecule has 0 atom stereocenters. The van der Waals surface area contributed by atoms with Crippen molar-refractivity contribution in [2.45, 2.75) is 12.4 Å². The summed E-state index contributed by atoms with van der Waals surface area (Å²) < 4.78 is 66.7. The maximum atomic E-state index is 11.7. The maximum absolute atomic E-state index is 11.7. The number of hydrogen-bond donors (Lipinski definition) is 0. The minimum absolute atomic E-state index is 0.627. The quantitative estimate of drug-likeness (QED) is 0.411. The van der Waals surface area contributed by atoms with E-state index in [0.29, 0.717) is 45.2 Å². The zero-order valence-corrected chi connectivity index (χ0v) is 9.34. The van der Waals surface area contributed by atoms with E-state index in [1.807, 2.05) is 0 Å². The van der Waals surface area contributed by atoms with Gasteiger partial charge in [0.15, 0.2) is 0 Å². The minimum atomic E-state index is -4.92. The molecule has 0 amide bonds. The Labute approximate surface area is 90.7 Å². The van der Waals surface area contributed by atoms with Gasteiger partial charge in [0, 0.05) is 0 Å². The Bertz CT molecular complexity index is 177. The highest BCUT2D eigenvalue weighted by Gasteiger charge is 2.43. The second-order valence-corrected chi connectivity index (χ2v) is 3.78. The van der Waals surface area contributed by atoms with E-state index in [0.717, 1.165) is 0 Å². The summed E-state index contributed by atoms with van der Waals surface area (Å²) in [6, 6.07) is 0. The van der Waals surface area contributed by atoms with E-state index in [1.165, 1.54) is 0 Å². The summed E-state index contributed by atoms with van der Waals surface area (Å²) in [5, 5.41) is 0. The van der Waals surface area contributed by atoms with Crippen molar-refractivity contribution in [3.8, 4) is 0 Å². The van der Waals surface area contributed by atoms with Gasteiger partial charge in [-0.3, -0.25) is 0 Å². The lowest BCUT2D eigenvalue weighted by Crippen LogP contribution is -2.15. The van der Waals surface area contributed by atoms with Crippen LogP contribution in [-0.4, -0.2) is 12.4 Å². The summed E-state index contributed by atoms with van der Waals surface area (Å²) in [5.41, 5.74) is 0. The van der Waals surface area contributed by atoms with Crippen LogP contribution in [0.2, 0.25) is 0 Å². The lowest BCUT2D eigenvalue weighted by atomic mass is 10.5. The molecule has 0 rings (SSSR count). The van der Waals surface area contributed by atoms with Gasteiger partial charge < -0.3 is 0 Å². The summed E-state index contributed by atoms with van der Waals surface area (Å²) in [6.07, 6.45) is -9.85. The van der Waals surface area contributed by atoms with Crippen LogP contribution in [0.4, 0.5) is 26.3 Å². The van der Waals surface area contributed by atoms with Crippen LogP contribution in [0, 0.1) is 0 Å². The summed E-state index contributed by atoms with van der Waals surface area (Å²) in [6.45, 7) is 0. The highest BCUT2D eigenvalue weighted by Crippen LogP contribution is 2.42. The van der Waals surface area contributed by atoms with Gasteiger partial charge in [0.1, 0.15) is 7.16 Å². The molecule has 0 aliphatic rings. The van der Waals surface area contributed by atoms with Crippen LogP contribution in [0.3, 0.4) is 0 Å². The third-order valence-corrected chi connectivity index (χ3v) is 4.02. The summed E-state index contributed by atoms with van der Waals surface area (Å²) in [7, 11) is 0. The third-order valence-electron chi connectivity index (χ3n) is 0.690. The van der Waals surface area contributed by atoms with E-state index in [4.69, 9.17) is 0 Å². The Morgan fingerprint density at radius 2 is 0.833 bits per heavy atom. The van der Waals surface area contributed by atoms with Gasteiger partial charge in [0.25, 0.3) is 0 Å². The van der Waals surface area contributed by atoms with Crippen molar-refractivity contribution in [1.82, 2.24) is 0 Å². The SMILES string of the molecule is FC(F)(F)C(I)=C(I)C(F)(F)F. The molecular weight excluding hydrogens is 416 g/mol. The molecule has 0 nitrogen and oxygen atoms in total. The molecule has 0 aromatic heterocycles. The Morgan fingerprint density at radius 3 is 0.917 bits per heavy atom. The standard InChI is InChI=1S/C4F6I2/c5-3(6,7)1(11)2(12)4(8,9)10. The molecule has 0 aliphatic carbocycles. The maximum Gasteiger partial charge on any atom is 0.423 e. The number of allylic oxidation sites excluding steroid dienone is 2. The molecule has 0 unspecified atom stereocenters. The van der Waals surface area contributed by atoms with Gasteiger partial charge in [-0.1, -0.05) is 0 Å². The van der Waals surface area contributed by atoms with Crippen LogP contribution in [-0.2, 0) is 0 Å². The fraction of sp³-hybridized carbons (Fsp3) is 0.500. The number of rotatable bonds is 0. The van der Waals surface area contributed by atoms with Gasteiger partial charge >= 0.3 is 12.4 Å². The second kappa shape index (κ2) is 3.88. The van der Waals surface area contributed by atoms with Crippen molar-refractivity contribution in [3.63, 3.8) is 0 Å². The van der Waals surface area contributed by atoms with Gasteiger partial charge in [0.05, 0.1) is 0 Å². The van der Waals surface area contributed by atoms with E-state index in [-0.39, 0.29) is 0 Å². The lowest BCUT2D eigenvalue weighted by molar-refractivity contribution is -0.101. The van der Waals surface area contributed by atoms with Crippen molar-refractivity contribution >= 4 is 45.2 Å². The van der Waals surface area contributed by atoms with Crippen LogP contribution in [0.15, 0.2) is 7.16 Å². The topological polar surface area (TPSA) is 0 Å². The van der Waals surface area contributed by atoms with Crippen LogP contribution in [0.5, 0.6) is 0 Å². The zero-order valence-electron chi connectivity index (χ0n) is 5.02. The minimum Gasteiger partial charge on any atom is -0.166 e. The molecule has 0 N–H and O–H groups in total. The molecule has 0 saturated carbocycles. The van der Waals surface area contributed by atoms with Crippen molar-refractivity contribution < 1.29 is 26.3 Å². The molecule has 8 heteroatoms. The van der Waals surface area contributed by atoms with Crippen LogP contribution < -0.4 is 0 Å². The Balaban J connectivity index is 4.96. The molecule has 0 aliphatic heterocycles. The largest absolute Gasteiger partial charge is 0.423 e. The fourth-order valence-electron chi connectivity index (χ4n) is 0.249. The fourth-order valence-corrected chi connectivity index (χ4v) is 0.860. The smallest absolute Gasteiger partial charge is 0.166 e. The molecule has 0 radical (unpaired) electrons. The van der Waals surface area contributed by atoms with E-state index in [2.05, 4.69) is 0 Å². The molecule has 0 aromatic rings. The van der Waals surface area contributed by atoms with E-state index in [9.17, 15) is 26.3 Å². The molecular formula is C4F6I2. The number of alkyl halides is 6. The predicted octanol–water partition coefficient (Wildman–Crippen LogP) is 4.19. The van der Waals surface area contributed by atoms with Crippen molar-refractivity contribution in [3.05, 3.63) is 7.16 Å². The Hall–Kier alpha value is 0.780. The van der Waals surface area contributed by atoms with E-state index >= 15 is 0 Å². The molecule has 72 valence electrons. The normalized spacial score (nSPS) is 16.0. The number of hydrogen-bond acceptors (Lipinski definition) is 0. The van der Waals surface area contributed by atoms with Gasteiger partial charge in [-0.05, 0) is 45.2 Å². The lowest BCUT2D eigenvalue weighted by Gasteiger charge is -2.10.